The lowest BCUT2D eigenvalue weighted by Crippen LogP contribution is -2.52. The van der Waals surface area contributed by atoms with Gasteiger partial charge in [0.25, 0.3) is 0 Å². The van der Waals surface area contributed by atoms with Crippen molar-refractivity contribution < 1.29 is 9.53 Å². The summed E-state index contributed by atoms with van der Waals surface area (Å²) in [5.41, 5.74) is 1.07. The van der Waals surface area contributed by atoms with Crippen molar-refractivity contribution in [1.82, 2.24) is 15.6 Å². The Kier molecular flexibility index (Phi) is 6.34. The molecule has 1 aliphatic heterocycles. The Morgan fingerprint density at radius 2 is 1.86 bits per heavy atom. The van der Waals surface area contributed by atoms with Crippen LogP contribution in [0.25, 0.3) is 0 Å². The minimum Gasteiger partial charge on any atom is -0.381 e. The minimum atomic E-state index is -0.174. The molecule has 1 aliphatic rings. The largest absolute Gasteiger partial charge is 0.381 e. The van der Waals surface area contributed by atoms with Gasteiger partial charge in [0.05, 0.1) is 12.1 Å². The van der Waals surface area contributed by atoms with E-state index in [9.17, 15) is 4.79 Å². The molecular formula is C17H27N3O2. The van der Waals surface area contributed by atoms with Gasteiger partial charge in [-0.15, -0.1) is 0 Å². The maximum atomic E-state index is 12.6. The van der Waals surface area contributed by atoms with Gasteiger partial charge in [0.15, 0.2) is 0 Å². The Bertz CT molecular complexity index is 458. The van der Waals surface area contributed by atoms with Crippen LogP contribution in [0.4, 0.5) is 0 Å². The number of amides is 1. The zero-order valence-electron chi connectivity index (χ0n) is 13.7. The highest BCUT2D eigenvalue weighted by Crippen LogP contribution is 2.14. The molecule has 2 heterocycles. The van der Waals surface area contributed by atoms with Gasteiger partial charge in [-0.3, -0.25) is 9.78 Å². The third-order valence-electron chi connectivity index (χ3n) is 4.15. The molecule has 0 unspecified atom stereocenters. The van der Waals surface area contributed by atoms with E-state index in [0.717, 1.165) is 31.6 Å². The van der Waals surface area contributed by atoms with Crippen molar-refractivity contribution >= 4 is 5.91 Å². The van der Waals surface area contributed by atoms with Crippen LogP contribution >= 0.6 is 0 Å². The highest BCUT2D eigenvalue weighted by atomic mass is 16.5. The lowest BCUT2D eigenvalue weighted by Gasteiger charge is -2.30. The van der Waals surface area contributed by atoms with E-state index in [2.05, 4.69) is 29.5 Å². The zero-order chi connectivity index (χ0) is 15.9. The first-order valence-electron chi connectivity index (χ1n) is 8.12. The molecule has 1 fully saturated rings. The molecule has 0 spiro atoms. The van der Waals surface area contributed by atoms with E-state index in [-0.39, 0.29) is 23.9 Å². The molecule has 0 saturated carbocycles. The van der Waals surface area contributed by atoms with Crippen molar-refractivity contribution in [3.63, 3.8) is 0 Å². The quantitative estimate of drug-likeness (QED) is 0.844. The van der Waals surface area contributed by atoms with Crippen LogP contribution in [-0.4, -0.2) is 36.2 Å². The summed E-state index contributed by atoms with van der Waals surface area (Å²) >= 11 is 0. The van der Waals surface area contributed by atoms with Gasteiger partial charge in [-0.05, 0) is 43.4 Å². The highest BCUT2D eigenvalue weighted by Gasteiger charge is 2.27. The van der Waals surface area contributed by atoms with E-state index < -0.39 is 0 Å². The van der Waals surface area contributed by atoms with Gasteiger partial charge in [-0.2, -0.15) is 0 Å². The predicted molar refractivity (Wildman–Crippen MR) is 86.4 cm³/mol. The molecule has 5 nitrogen and oxygen atoms in total. The number of aromatic nitrogens is 1. The molecule has 122 valence electrons. The molecule has 0 aromatic carbocycles. The zero-order valence-corrected chi connectivity index (χ0v) is 13.7. The van der Waals surface area contributed by atoms with E-state index in [1.54, 1.807) is 12.4 Å². The summed E-state index contributed by atoms with van der Waals surface area (Å²) in [4.78, 5) is 16.6. The van der Waals surface area contributed by atoms with E-state index >= 15 is 0 Å². The van der Waals surface area contributed by atoms with E-state index in [1.807, 2.05) is 19.1 Å². The van der Waals surface area contributed by atoms with Crippen molar-refractivity contribution in [2.45, 2.75) is 51.7 Å². The Hall–Kier alpha value is -1.46. The van der Waals surface area contributed by atoms with Crippen LogP contribution in [0.1, 0.15) is 45.2 Å². The fraction of sp³-hybridized carbons (Fsp3) is 0.647. The fourth-order valence-corrected chi connectivity index (χ4v) is 2.73. The van der Waals surface area contributed by atoms with Crippen molar-refractivity contribution in [1.29, 1.82) is 0 Å². The Morgan fingerprint density at radius 3 is 2.45 bits per heavy atom. The van der Waals surface area contributed by atoms with Crippen LogP contribution in [0.3, 0.4) is 0 Å². The number of hydrogen-bond acceptors (Lipinski definition) is 4. The fourth-order valence-electron chi connectivity index (χ4n) is 2.73. The summed E-state index contributed by atoms with van der Waals surface area (Å²) in [5, 5.41) is 6.61. The van der Waals surface area contributed by atoms with Crippen LogP contribution in [0, 0.1) is 5.92 Å². The number of nitrogens with one attached hydrogen (secondary N) is 2. The summed E-state index contributed by atoms with van der Waals surface area (Å²) in [6.45, 7) is 7.70. The van der Waals surface area contributed by atoms with E-state index in [0.29, 0.717) is 6.04 Å². The van der Waals surface area contributed by atoms with Crippen molar-refractivity contribution in [3.05, 3.63) is 30.1 Å². The first-order valence-corrected chi connectivity index (χ1v) is 8.12. The lowest BCUT2D eigenvalue weighted by molar-refractivity contribution is -0.125. The van der Waals surface area contributed by atoms with E-state index in [1.165, 1.54) is 0 Å². The van der Waals surface area contributed by atoms with Crippen LogP contribution < -0.4 is 10.6 Å². The summed E-state index contributed by atoms with van der Waals surface area (Å²) in [6.07, 6.45) is 5.43. The van der Waals surface area contributed by atoms with Crippen molar-refractivity contribution in [2.75, 3.05) is 13.2 Å². The molecule has 1 amide bonds. The summed E-state index contributed by atoms with van der Waals surface area (Å²) in [5.74, 6) is 0.304. The third-order valence-corrected chi connectivity index (χ3v) is 4.15. The van der Waals surface area contributed by atoms with E-state index in [4.69, 9.17) is 4.74 Å². The van der Waals surface area contributed by atoms with Crippen molar-refractivity contribution in [3.8, 4) is 0 Å². The number of rotatable bonds is 6. The van der Waals surface area contributed by atoms with Gasteiger partial charge in [-0.1, -0.05) is 13.8 Å². The summed E-state index contributed by atoms with van der Waals surface area (Å²) < 4.78 is 5.38. The molecule has 1 aromatic rings. The van der Waals surface area contributed by atoms with Crippen molar-refractivity contribution in [2.24, 2.45) is 5.92 Å². The first-order chi connectivity index (χ1) is 10.6. The smallest absolute Gasteiger partial charge is 0.237 e. The van der Waals surface area contributed by atoms with Gasteiger partial charge < -0.3 is 15.4 Å². The predicted octanol–water partition coefficient (Wildman–Crippen LogP) is 2.05. The third kappa shape index (κ3) is 4.78. The van der Waals surface area contributed by atoms with Gasteiger partial charge in [0, 0.05) is 31.6 Å². The highest BCUT2D eigenvalue weighted by molar-refractivity contribution is 5.82. The van der Waals surface area contributed by atoms with Crippen LogP contribution in [-0.2, 0) is 9.53 Å². The van der Waals surface area contributed by atoms with Gasteiger partial charge >= 0.3 is 0 Å². The number of carbonyl (C=O) groups is 1. The second-order valence-electron chi connectivity index (χ2n) is 6.29. The monoisotopic (exact) mass is 305 g/mol. The van der Waals surface area contributed by atoms with Gasteiger partial charge in [-0.25, -0.2) is 0 Å². The number of hydrogen-bond donors (Lipinski definition) is 2. The normalized spacial score (nSPS) is 18.9. The molecule has 5 heteroatoms. The maximum Gasteiger partial charge on any atom is 0.237 e. The molecule has 2 atom stereocenters. The SMILES string of the molecule is CC(C)[C@@H](NC1CCOCC1)C(=O)N[C@@H](C)c1ccncc1. The number of nitrogens with zero attached hydrogens (tertiary/aromatic N) is 1. The second-order valence-corrected chi connectivity index (χ2v) is 6.29. The molecular weight excluding hydrogens is 278 g/mol. The van der Waals surface area contributed by atoms with Crippen LogP contribution in [0.2, 0.25) is 0 Å². The molecule has 0 aliphatic carbocycles. The van der Waals surface area contributed by atoms with Crippen LogP contribution in [0.15, 0.2) is 24.5 Å². The number of pyridine rings is 1. The Morgan fingerprint density at radius 1 is 1.23 bits per heavy atom. The minimum absolute atomic E-state index is 0.0201. The number of carbonyl (C=O) groups excluding carboxylic acids is 1. The molecule has 2 rings (SSSR count). The molecule has 0 radical (unpaired) electrons. The lowest BCUT2D eigenvalue weighted by atomic mass is 9.99. The Balaban J connectivity index is 1.94. The maximum absolute atomic E-state index is 12.6. The summed E-state index contributed by atoms with van der Waals surface area (Å²) in [7, 11) is 0. The molecule has 0 bridgehead atoms. The topological polar surface area (TPSA) is 63.2 Å². The van der Waals surface area contributed by atoms with Gasteiger partial charge in [0.1, 0.15) is 0 Å². The number of ether oxygens (including phenoxy) is 1. The summed E-state index contributed by atoms with van der Waals surface area (Å²) in [6, 6.07) is 4.03. The van der Waals surface area contributed by atoms with Crippen LogP contribution in [0.5, 0.6) is 0 Å². The molecule has 22 heavy (non-hydrogen) atoms. The molecule has 2 N–H and O–H groups in total. The average molecular weight is 305 g/mol. The molecule has 1 aromatic heterocycles. The Labute approximate surface area is 132 Å². The van der Waals surface area contributed by atoms with Gasteiger partial charge in [0.2, 0.25) is 5.91 Å². The molecule has 1 saturated heterocycles. The standard InChI is InChI=1S/C17H27N3O2/c1-12(2)16(20-15-6-10-22-11-7-15)17(21)19-13(3)14-4-8-18-9-5-14/h4-5,8-9,12-13,15-16,20H,6-7,10-11H2,1-3H3,(H,19,21)/t13-,16+/m0/s1. The second kappa shape index (κ2) is 8.25. The first kappa shape index (κ1) is 16.9. The average Bonchev–Trinajstić information content (AvgIpc) is 2.54.